The third-order valence-corrected chi connectivity index (χ3v) is 14.1. The number of anilines is 1. The molecule has 2 unspecified atom stereocenters. The molecule has 1 saturated carbocycles. The van der Waals surface area contributed by atoms with Crippen LogP contribution in [0.4, 0.5) is 5.13 Å². The summed E-state index contributed by atoms with van der Waals surface area (Å²) in [4.78, 5) is 54.6. The molecule has 2 amide bonds. The second-order valence-electron chi connectivity index (χ2n) is 15.4. The fourth-order valence-electron chi connectivity index (χ4n) is 8.73. The first kappa shape index (κ1) is 40.1. The number of β-lactam (4-membered cyclic amide) rings is 1. The lowest BCUT2D eigenvalue weighted by atomic mass is 9.77. The Morgan fingerprint density at radius 3 is 2.08 bits per heavy atom. The highest BCUT2D eigenvalue weighted by atomic mass is 32.2. The zero-order chi connectivity index (χ0) is 42.3. The van der Waals surface area contributed by atoms with Gasteiger partial charge in [0, 0.05) is 18.5 Å². The lowest BCUT2D eigenvalue weighted by Crippen LogP contribution is -2.75. The molecule has 0 spiro atoms. The van der Waals surface area contributed by atoms with E-state index in [1.165, 1.54) is 23.5 Å². The summed E-state index contributed by atoms with van der Waals surface area (Å²) in [5.41, 5.74) is 3.35. The fourth-order valence-corrected chi connectivity index (χ4v) is 11.2. The number of amides is 2. The van der Waals surface area contributed by atoms with Gasteiger partial charge in [-0.15, -0.1) is 11.3 Å². The number of carbonyl (C=O) groups is 3. The SMILES string of the molecule is O=C(O)C1=C(N2CCc3cc(O)c(O)cc3C2)C[S+]([O-])[C@@H]2C(NC(=O)/C(=N\OC3CCCC3)c3csc(NC(c4ccccc4)(c4ccccc4)c4ccccc4)n3)C(=O)N12. The van der Waals surface area contributed by atoms with Crippen LogP contribution in [-0.2, 0) is 48.9 Å². The van der Waals surface area contributed by atoms with Gasteiger partial charge in [0.15, 0.2) is 34.1 Å². The number of carboxylic acid groups (broad SMARTS) is 1. The van der Waals surface area contributed by atoms with Gasteiger partial charge in [-0.25, -0.2) is 9.78 Å². The van der Waals surface area contributed by atoms with E-state index in [0.717, 1.165) is 52.8 Å². The van der Waals surface area contributed by atoms with Crippen molar-refractivity contribution < 1.29 is 39.1 Å². The molecular weight excluding hydrogens is 817 g/mol. The second-order valence-corrected chi connectivity index (χ2v) is 17.8. The molecule has 312 valence electrons. The van der Waals surface area contributed by atoms with Crippen molar-refractivity contribution in [1.29, 1.82) is 0 Å². The van der Waals surface area contributed by atoms with Crippen LogP contribution in [0.2, 0.25) is 0 Å². The maximum Gasteiger partial charge on any atom is 0.354 e. The molecular formula is C45H42N6O8S2. The molecule has 61 heavy (non-hydrogen) atoms. The Bertz CT molecular complexity index is 2430. The zero-order valence-electron chi connectivity index (χ0n) is 32.8. The van der Waals surface area contributed by atoms with Crippen LogP contribution in [-0.4, -0.2) is 88.0 Å². The first-order valence-electron chi connectivity index (χ1n) is 20.0. The number of nitrogens with one attached hydrogen (secondary N) is 2. The number of oxime groups is 1. The molecule has 4 aromatic carbocycles. The predicted molar refractivity (Wildman–Crippen MR) is 229 cm³/mol. The highest BCUT2D eigenvalue weighted by molar-refractivity contribution is 7.92. The van der Waals surface area contributed by atoms with E-state index in [9.17, 15) is 34.3 Å². The number of hydrogen-bond acceptors (Lipinski definition) is 12. The third kappa shape index (κ3) is 7.44. The topological polar surface area (TPSA) is 200 Å². The van der Waals surface area contributed by atoms with Crippen molar-refractivity contribution in [3.63, 3.8) is 0 Å². The van der Waals surface area contributed by atoms with Crippen molar-refractivity contribution in [3.05, 3.63) is 153 Å². The maximum absolute atomic E-state index is 14.3. The molecule has 3 atom stereocenters. The molecule has 5 N–H and O–H groups in total. The monoisotopic (exact) mass is 858 g/mol. The van der Waals surface area contributed by atoms with Crippen LogP contribution in [0.25, 0.3) is 0 Å². The molecule has 1 aliphatic carbocycles. The summed E-state index contributed by atoms with van der Waals surface area (Å²) in [5.74, 6) is -3.62. The van der Waals surface area contributed by atoms with E-state index in [-0.39, 0.29) is 52.7 Å². The van der Waals surface area contributed by atoms with Crippen molar-refractivity contribution in [2.45, 2.75) is 61.7 Å². The average molecular weight is 859 g/mol. The summed E-state index contributed by atoms with van der Waals surface area (Å²) in [6, 6.07) is 31.6. The predicted octanol–water partition coefficient (Wildman–Crippen LogP) is 5.39. The number of nitrogens with zero attached hydrogens (tertiary/aromatic N) is 4. The van der Waals surface area contributed by atoms with E-state index in [1.54, 1.807) is 10.3 Å². The number of carboxylic acids is 1. The Labute approximate surface area is 358 Å². The Morgan fingerprint density at radius 1 is 0.902 bits per heavy atom. The number of aromatic hydroxyl groups is 2. The van der Waals surface area contributed by atoms with E-state index >= 15 is 0 Å². The summed E-state index contributed by atoms with van der Waals surface area (Å²) >= 11 is -0.541. The second kappa shape index (κ2) is 16.6. The van der Waals surface area contributed by atoms with Gasteiger partial charge in [0.1, 0.15) is 23.1 Å². The van der Waals surface area contributed by atoms with E-state index in [0.29, 0.717) is 23.7 Å². The Morgan fingerprint density at radius 2 is 1.49 bits per heavy atom. The number of benzene rings is 4. The van der Waals surface area contributed by atoms with Crippen LogP contribution in [0.5, 0.6) is 11.5 Å². The number of hydrogen-bond donors (Lipinski definition) is 5. The van der Waals surface area contributed by atoms with Gasteiger partial charge in [-0.05, 0) is 83.2 Å². The van der Waals surface area contributed by atoms with Gasteiger partial charge in [0.25, 0.3) is 11.8 Å². The van der Waals surface area contributed by atoms with Crippen LogP contribution >= 0.6 is 11.3 Å². The molecule has 4 heterocycles. The van der Waals surface area contributed by atoms with Gasteiger partial charge in [0.2, 0.25) is 5.37 Å². The van der Waals surface area contributed by atoms with Gasteiger partial charge < -0.3 is 40.2 Å². The smallest absolute Gasteiger partial charge is 0.354 e. The molecule has 3 aliphatic heterocycles. The molecule has 1 saturated heterocycles. The van der Waals surface area contributed by atoms with E-state index in [2.05, 4.69) is 15.8 Å². The van der Waals surface area contributed by atoms with Crippen molar-refractivity contribution in [3.8, 4) is 11.5 Å². The number of phenolic OH excluding ortho intramolecular Hbond substituents is 2. The standard InChI is InChI=1S/C45H42N6O8S2/c52-35-22-27-20-21-50(24-28(27)23-36(35)53)34-26-61(58)42-38(41(55)51(42)39(34)43(56)57)47-40(54)37(49-59-32-18-10-11-19-32)33-25-60-44(46-33)48-45(29-12-4-1-5-13-29,30-14-6-2-7-15-30)31-16-8-3-9-17-31/h1-9,12-17,22-23,25,32,38,42,52-53H,10-11,18-21,24,26H2,(H,46,48)(H,47,54)(H,56,57)/b49-37-/t38?,42-,61?/m1/s1. The molecule has 0 radical (unpaired) electrons. The summed E-state index contributed by atoms with van der Waals surface area (Å²) in [5, 5.41) is 42.3. The van der Waals surface area contributed by atoms with E-state index in [4.69, 9.17) is 9.82 Å². The molecule has 9 rings (SSSR count). The van der Waals surface area contributed by atoms with Crippen molar-refractivity contribution in [1.82, 2.24) is 20.1 Å². The number of carbonyl (C=O) groups excluding carboxylic acids is 2. The number of phenols is 2. The third-order valence-electron chi connectivity index (χ3n) is 11.8. The number of aromatic nitrogens is 1. The summed E-state index contributed by atoms with van der Waals surface area (Å²) in [6.07, 6.45) is 3.69. The Balaban J connectivity index is 1.01. The first-order chi connectivity index (χ1) is 29.6. The number of fused-ring (bicyclic) bond motifs is 2. The maximum atomic E-state index is 14.3. The van der Waals surface area contributed by atoms with Gasteiger partial charge in [-0.1, -0.05) is 96.2 Å². The fraction of sp³-hybridized carbons (Fsp3) is 0.267. The molecule has 0 bridgehead atoms. The minimum absolute atomic E-state index is 0.174. The van der Waals surface area contributed by atoms with Crippen molar-refractivity contribution in [2.24, 2.45) is 5.16 Å². The van der Waals surface area contributed by atoms with Crippen LogP contribution in [0, 0.1) is 0 Å². The largest absolute Gasteiger partial charge is 0.614 e. The van der Waals surface area contributed by atoms with Gasteiger partial charge >= 0.3 is 5.97 Å². The highest BCUT2D eigenvalue weighted by Gasteiger charge is 2.62. The van der Waals surface area contributed by atoms with Gasteiger partial charge in [0.05, 0.1) is 5.70 Å². The normalized spacial score (nSPS) is 20.4. The van der Waals surface area contributed by atoms with Crippen molar-refractivity contribution >= 4 is 51.1 Å². The van der Waals surface area contributed by atoms with Crippen LogP contribution in [0.15, 0.2) is 125 Å². The molecule has 14 nitrogen and oxygen atoms in total. The number of thiazole rings is 1. The van der Waals surface area contributed by atoms with Crippen LogP contribution < -0.4 is 10.6 Å². The van der Waals surface area contributed by atoms with Crippen molar-refractivity contribution in [2.75, 3.05) is 17.6 Å². The Hall–Kier alpha value is -6.36. The number of rotatable bonds is 12. The highest BCUT2D eigenvalue weighted by Crippen LogP contribution is 2.42. The minimum Gasteiger partial charge on any atom is -0.614 e. The van der Waals surface area contributed by atoms with Gasteiger partial charge in [-0.2, -0.15) is 0 Å². The lowest BCUT2D eigenvalue weighted by molar-refractivity contribution is -0.150. The molecule has 1 aromatic heterocycles. The average Bonchev–Trinajstić information content (AvgIpc) is 3.98. The van der Waals surface area contributed by atoms with E-state index in [1.807, 2.05) is 91.0 Å². The number of aliphatic carboxylic acids is 1. The zero-order valence-corrected chi connectivity index (χ0v) is 34.4. The minimum atomic E-state index is -1.81. The summed E-state index contributed by atoms with van der Waals surface area (Å²) < 4.78 is 14.0. The summed E-state index contributed by atoms with van der Waals surface area (Å²) in [7, 11) is 0. The first-order valence-corrected chi connectivity index (χ1v) is 22.3. The summed E-state index contributed by atoms with van der Waals surface area (Å²) in [6.45, 7) is 0.510. The molecule has 2 fully saturated rings. The van der Waals surface area contributed by atoms with Crippen LogP contribution in [0.1, 0.15) is 59.2 Å². The van der Waals surface area contributed by atoms with Crippen LogP contribution in [0.3, 0.4) is 0 Å². The van der Waals surface area contributed by atoms with E-state index < -0.39 is 45.9 Å². The quantitative estimate of drug-likeness (QED) is 0.0269. The molecule has 16 heteroatoms. The lowest BCUT2D eigenvalue weighted by Gasteiger charge is -2.50. The molecule has 5 aromatic rings. The van der Waals surface area contributed by atoms with Gasteiger partial charge in [-0.3, -0.25) is 14.5 Å². The molecule has 4 aliphatic rings. The Kier molecular flexibility index (Phi) is 10.9.